The van der Waals surface area contributed by atoms with Crippen LogP contribution in [-0.4, -0.2) is 36.0 Å². The normalized spacial score (nSPS) is 16.8. The Kier molecular flexibility index (Phi) is 4.44. The molecule has 2 N–H and O–H groups in total. The highest BCUT2D eigenvalue weighted by atomic mass is 16.5. The van der Waals surface area contributed by atoms with E-state index in [-0.39, 0.29) is 18.5 Å². The van der Waals surface area contributed by atoms with Gasteiger partial charge in [-0.3, -0.25) is 0 Å². The third-order valence-corrected chi connectivity index (χ3v) is 4.12. The van der Waals surface area contributed by atoms with Crippen LogP contribution in [0, 0.1) is 13.8 Å². The van der Waals surface area contributed by atoms with Crippen molar-refractivity contribution < 1.29 is 14.9 Å². The molecular formula is C19H23NO3. The van der Waals surface area contributed by atoms with Gasteiger partial charge in [-0.2, -0.15) is 0 Å². The molecule has 1 unspecified atom stereocenters. The van der Waals surface area contributed by atoms with Gasteiger partial charge in [0.25, 0.3) is 0 Å². The number of hydrogen-bond acceptors (Lipinski definition) is 4. The molecule has 0 saturated carbocycles. The van der Waals surface area contributed by atoms with Gasteiger partial charge in [0, 0.05) is 19.0 Å². The van der Waals surface area contributed by atoms with Crippen LogP contribution in [0.4, 0.5) is 5.69 Å². The van der Waals surface area contributed by atoms with Gasteiger partial charge in [-0.1, -0.05) is 29.3 Å². The van der Waals surface area contributed by atoms with Crippen LogP contribution in [0.25, 0.3) is 0 Å². The maximum absolute atomic E-state index is 9.71. The van der Waals surface area contributed by atoms with Crippen molar-refractivity contribution in [2.45, 2.75) is 26.4 Å². The Bertz CT molecular complexity index is 679. The Balaban J connectivity index is 1.84. The lowest BCUT2D eigenvalue weighted by molar-refractivity contribution is 0.188. The number of rotatable bonds is 4. The lowest BCUT2D eigenvalue weighted by Crippen LogP contribution is -2.42. The van der Waals surface area contributed by atoms with Crippen molar-refractivity contribution in [2.75, 3.05) is 24.6 Å². The first-order chi connectivity index (χ1) is 11.0. The summed E-state index contributed by atoms with van der Waals surface area (Å²) in [5.41, 5.74) is 4.68. The molecular weight excluding hydrogens is 290 g/mol. The van der Waals surface area contributed by atoms with E-state index in [1.807, 2.05) is 6.07 Å². The Labute approximate surface area is 136 Å². The molecule has 0 aliphatic carbocycles. The summed E-state index contributed by atoms with van der Waals surface area (Å²) < 4.78 is 6.09. The number of aliphatic hydroxyl groups excluding tert-OH is 1. The first-order valence-electron chi connectivity index (χ1n) is 7.98. The van der Waals surface area contributed by atoms with E-state index in [4.69, 9.17) is 4.74 Å². The van der Waals surface area contributed by atoms with Crippen molar-refractivity contribution in [3.63, 3.8) is 0 Å². The number of benzene rings is 2. The van der Waals surface area contributed by atoms with Crippen LogP contribution in [0.5, 0.6) is 11.5 Å². The SMILES string of the molecule is Cc1cc(C)cc(CC2CN(CCO)c3ccc(O)cc3O2)c1. The van der Waals surface area contributed by atoms with E-state index < -0.39 is 0 Å². The Morgan fingerprint density at radius 2 is 1.87 bits per heavy atom. The molecule has 3 rings (SSSR count). The summed E-state index contributed by atoms with van der Waals surface area (Å²) in [5.74, 6) is 0.874. The second-order valence-electron chi connectivity index (χ2n) is 6.26. The molecule has 0 spiro atoms. The smallest absolute Gasteiger partial charge is 0.146 e. The van der Waals surface area contributed by atoms with Crippen molar-refractivity contribution >= 4 is 5.69 Å². The summed E-state index contributed by atoms with van der Waals surface area (Å²) in [6.45, 7) is 5.58. The number of anilines is 1. The van der Waals surface area contributed by atoms with Crippen LogP contribution in [0.15, 0.2) is 36.4 Å². The van der Waals surface area contributed by atoms with Gasteiger partial charge in [-0.05, 0) is 31.5 Å². The zero-order chi connectivity index (χ0) is 16.4. The van der Waals surface area contributed by atoms with Gasteiger partial charge in [0.15, 0.2) is 0 Å². The molecule has 1 atom stereocenters. The van der Waals surface area contributed by atoms with E-state index in [0.717, 1.165) is 18.7 Å². The third-order valence-electron chi connectivity index (χ3n) is 4.12. The van der Waals surface area contributed by atoms with Gasteiger partial charge in [0.2, 0.25) is 0 Å². The van der Waals surface area contributed by atoms with E-state index >= 15 is 0 Å². The molecule has 4 heteroatoms. The van der Waals surface area contributed by atoms with E-state index in [0.29, 0.717) is 12.3 Å². The summed E-state index contributed by atoms with van der Waals surface area (Å²) in [5, 5.41) is 19.0. The van der Waals surface area contributed by atoms with Crippen LogP contribution in [-0.2, 0) is 6.42 Å². The summed E-state index contributed by atoms with van der Waals surface area (Å²) in [6.07, 6.45) is 0.802. The largest absolute Gasteiger partial charge is 0.508 e. The topological polar surface area (TPSA) is 52.9 Å². The molecule has 0 saturated heterocycles. The zero-order valence-corrected chi connectivity index (χ0v) is 13.6. The Morgan fingerprint density at radius 1 is 1.13 bits per heavy atom. The molecule has 0 radical (unpaired) electrons. The van der Waals surface area contributed by atoms with Gasteiger partial charge >= 0.3 is 0 Å². The Hall–Kier alpha value is -2.20. The molecule has 0 aromatic heterocycles. The van der Waals surface area contributed by atoms with E-state index in [1.54, 1.807) is 12.1 Å². The molecule has 2 aromatic carbocycles. The fraction of sp³-hybridized carbons (Fsp3) is 0.368. The van der Waals surface area contributed by atoms with E-state index in [9.17, 15) is 10.2 Å². The molecule has 1 aliphatic heterocycles. The molecule has 1 aliphatic rings. The first-order valence-corrected chi connectivity index (χ1v) is 7.98. The minimum Gasteiger partial charge on any atom is -0.508 e. The van der Waals surface area contributed by atoms with Crippen LogP contribution >= 0.6 is 0 Å². The van der Waals surface area contributed by atoms with Crippen LogP contribution in [0.3, 0.4) is 0 Å². The van der Waals surface area contributed by atoms with Crippen molar-refractivity contribution in [1.82, 2.24) is 0 Å². The second kappa shape index (κ2) is 6.50. The molecule has 0 amide bonds. The van der Waals surface area contributed by atoms with E-state index in [2.05, 4.69) is 36.9 Å². The fourth-order valence-corrected chi connectivity index (χ4v) is 3.31. The predicted octanol–water partition coefficient (Wildman–Crippen LogP) is 2.81. The van der Waals surface area contributed by atoms with Crippen molar-refractivity contribution in [3.05, 3.63) is 53.1 Å². The van der Waals surface area contributed by atoms with Crippen LogP contribution in [0.2, 0.25) is 0 Å². The number of aromatic hydroxyl groups is 1. The van der Waals surface area contributed by atoms with Crippen molar-refractivity contribution in [2.24, 2.45) is 0 Å². The van der Waals surface area contributed by atoms with Crippen LogP contribution < -0.4 is 9.64 Å². The van der Waals surface area contributed by atoms with Gasteiger partial charge in [0.05, 0.1) is 18.8 Å². The monoisotopic (exact) mass is 313 g/mol. The lowest BCUT2D eigenvalue weighted by Gasteiger charge is -2.36. The summed E-state index contributed by atoms with van der Waals surface area (Å²) in [7, 11) is 0. The molecule has 0 bridgehead atoms. The number of hydrogen-bond donors (Lipinski definition) is 2. The number of nitrogens with zero attached hydrogens (tertiary/aromatic N) is 1. The Morgan fingerprint density at radius 3 is 2.57 bits per heavy atom. The molecule has 2 aromatic rings. The number of fused-ring (bicyclic) bond motifs is 1. The lowest BCUT2D eigenvalue weighted by atomic mass is 10.0. The molecule has 0 fully saturated rings. The minimum absolute atomic E-state index is 0.00273. The second-order valence-corrected chi connectivity index (χ2v) is 6.26. The first kappa shape index (κ1) is 15.7. The van der Waals surface area contributed by atoms with Gasteiger partial charge in [0.1, 0.15) is 17.6 Å². The zero-order valence-electron chi connectivity index (χ0n) is 13.6. The molecule has 1 heterocycles. The third kappa shape index (κ3) is 3.59. The van der Waals surface area contributed by atoms with Gasteiger partial charge in [-0.25, -0.2) is 0 Å². The standard InChI is InChI=1S/C19H23NO3/c1-13-7-14(2)9-15(8-13)10-17-12-20(5-6-21)18-4-3-16(22)11-19(18)23-17/h3-4,7-9,11,17,21-22H,5-6,10,12H2,1-2H3. The maximum Gasteiger partial charge on any atom is 0.146 e. The molecule has 23 heavy (non-hydrogen) atoms. The summed E-state index contributed by atoms with van der Waals surface area (Å²) >= 11 is 0. The number of phenolic OH excluding ortho intramolecular Hbond substituents is 1. The number of aliphatic hydroxyl groups is 1. The fourth-order valence-electron chi connectivity index (χ4n) is 3.31. The maximum atomic E-state index is 9.71. The highest BCUT2D eigenvalue weighted by Gasteiger charge is 2.26. The average molecular weight is 313 g/mol. The highest BCUT2D eigenvalue weighted by Crippen LogP contribution is 2.36. The van der Waals surface area contributed by atoms with Gasteiger partial charge in [-0.15, -0.1) is 0 Å². The molecule has 4 nitrogen and oxygen atoms in total. The number of ether oxygens (including phenoxy) is 1. The van der Waals surface area contributed by atoms with Gasteiger partial charge < -0.3 is 19.8 Å². The number of phenols is 1. The molecule has 122 valence electrons. The quantitative estimate of drug-likeness (QED) is 0.911. The number of aryl methyl sites for hydroxylation is 2. The van der Waals surface area contributed by atoms with Crippen LogP contribution in [0.1, 0.15) is 16.7 Å². The average Bonchev–Trinajstić information content (AvgIpc) is 2.45. The minimum atomic E-state index is -0.00273. The van der Waals surface area contributed by atoms with E-state index in [1.165, 1.54) is 16.7 Å². The van der Waals surface area contributed by atoms with Crippen molar-refractivity contribution in [1.29, 1.82) is 0 Å². The number of β-amino-alcohol motifs (C(OH)–C–C–N with tert-alkyl or cyclic N) is 1. The van der Waals surface area contributed by atoms with Crippen molar-refractivity contribution in [3.8, 4) is 11.5 Å². The summed E-state index contributed by atoms with van der Waals surface area (Å²) in [4.78, 5) is 2.12. The predicted molar refractivity (Wildman–Crippen MR) is 91.4 cm³/mol. The summed E-state index contributed by atoms with van der Waals surface area (Å²) in [6, 6.07) is 11.7. The highest BCUT2D eigenvalue weighted by molar-refractivity contribution is 5.62.